The molecule has 0 aromatic carbocycles. The summed E-state index contributed by atoms with van der Waals surface area (Å²) < 4.78 is 0. The fourth-order valence-electron chi connectivity index (χ4n) is 2.92. The molecule has 0 bridgehead atoms. The van der Waals surface area contributed by atoms with Gasteiger partial charge in [-0.2, -0.15) is 9.97 Å². The van der Waals surface area contributed by atoms with E-state index in [0.29, 0.717) is 11.5 Å². The number of nitrogen functional groups attached to an aromatic ring is 2. The van der Waals surface area contributed by atoms with Crippen molar-refractivity contribution in [1.29, 1.82) is 0 Å². The zero-order valence-corrected chi connectivity index (χ0v) is 11.7. The van der Waals surface area contributed by atoms with E-state index >= 15 is 0 Å². The molecule has 2 aromatic heterocycles. The third-order valence-corrected chi connectivity index (χ3v) is 4.01. The minimum Gasteiger partial charge on any atom is -0.383 e. The van der Waals surface area contributed by atoms with Gasteiger partial charge in [-0.05, 0) is 37.3 Å². The number of aryl methyl sites for hydroxylation is 2. The van der Waals surface area contributed by atoms with Crippen LogP contribution in [-0.4, -0.2) is 15.0 Å². The van der Waals surface area contributed by atoms with Gasteiger partial charge in [-0.25, -0.2) is 4.98 Å². The monoisotopic (exact) mass is 271 g/mol. The molecule has 106 valence electrons. The number of rotatable bonds is 0. The molecule has 20 heavy (non-hydrogen) atoms. The number of pyridine rings is 1. The molecule has 1 aliphatic carbocycles. The van der Waals surface area contributed by atoms with Crippen molar-refractivity contribution in [2.24, 2.45) is 0 Å². The van der Waals surface area contributed by atoms with Crippen LogP contribution in [0.25, 0.3) is 11.0 Å². The molecule has 5 heteroatoms. The summed E-state index contributed by atoms with van der Waals surface area (Å²) >= 11 is 0. The van der Waals surface area contributed by atoms with Crippen molar-refractivity contribution in [2.75, 3.05) is 11.5 Å². The lowest BCUT2D eigenvalue weighted by Gasteiger charge is -2.13. The summed E-state index contributed by atoms with van der Waals surface area (Å²) in [6.07, 6.45) is 9.77. The molecule has 0 spiro atoms. The van der Waals surface area contributed by atoms with Crippen molar-refractivity contribution in [1.82, 2.24) is 15.0 Å². The molecular formula is C15H21N5. The third-order valence-electron chi connectivity index (χ3n) is 4.01. The minimum atomic E-state index is 0.197. The maximum absolute atomic E-state index is 5.94. The highest BCUT2D eigenvalue weighted by Gasteiger charge is 2.12. The van der Waals surface area contributed by atoms with Gasteiger partial charge in [0, 0.05) is 5.69 Å². The average Bonchev–Trinajstić information content (AvgIpc) is 2.42. The van der Waals surface area contributed by atoms with E-state index in [9.17, 15) is 0 Å². The molecule has 3 rings (SSSR count). The SMILES string of the molecule is Nc1nc(N)c2cc3c(nc2n1)CCCCCCCC3. The molecule has 2 aromatic rings. The zero-order chi connectivity index (χ0) is 13.9. The van der Waals surface area contributed by atoms with Gasteiger partial charge in [-0.15, -0.1) is 0 Å². The van der Waals surface area contributed by atoms with Crippen LogP contribution in [0.1, 0.15) is 49.8 Å². The van der Waals surface area contributed by atoms with Gasteiger partial charge in [0.25, 0.3) is 0 Å². The molecule has 1 aliphatic rings. The Morgan fingerprint density at radius 2 is 1.50 bits per heavy atom. The fraction of sp³-hybridized carbons (Fsp3) is 0.533. The second-order valence-electron chi connectivity index (χ2n) is 5.55. The highest BCUT2D eigenvalue weighted by atomic mass is 15.1. The van der Waals surface area contributed by atoms with E-state index in [2.05, 4.69) is 16.0 Å². The highest BCUT2D eigenvalue weighted by molar-refractivity contribution is 5.86. The molecule has 4 N–H and O–H groups in total. The Hall–Kier alpha value is -1.91. The maximum Gasteiger partial charge on any atom is 0.224 e. The van der Waals surface area contributed by atoms with Gasteiger partial charge in [-0.1, -0.05) is 25.7 Å². The number of nitrogens with zero attached hydrogens (tertiary/aromatic N) is 3. The first-order chi connectivity index (χ1) is 9.74. The number of nitrogens with two attached hydrogens (primary N) is 2. The topological polar surface area (TPSA) is 90.7 Å². The molecule has 0 atom stereocenters. The van der Waals surface area contributed by atoms with Gasteiger partial charge < -0.3 is 11.5 Å². The van der Waals surface area contributed by atoms with Crippen LogP contribution in [0.15, 0.2) is 6.07 Å². The van der Waals surface area contributed by atoms with Gasteiger partial charge in [0.15, 0.2) is 5.65 Å². The lowest BCUT2D eigenvalue weighted by Crippen LogP contribution is -2.06. The summed E-state index contributed by atoms with van der Waals surface area (Å²) in [7, 11) is 0. The predicted octanol–water partition coefficient (Wildman–Crippen LogP) is 2.63. The van der Waals surface area contributed by atoms with Crippen LogP contribution < -0.4 is 11.5 Å². The number of aromatic nitrogens is 3. The van der Waals surface area contributed by atoms with Crippen molar-refractivity contribution >= 4 is 22.8 Å². The van der Waals surface area contributed by atoms with E-state index in [0.717, 1.165) is 23.9 Å². The van der Waals surface area contributed by atoms with E-state index in [1.54, 1.807) is 0 Å². The lowest BCUT2D eigenvalue weighted by molar-refractivity contribution is 0.577. The van der Waals surface area contributed by atoms with Crippen molar-refractivity contribution in [2.45, 2.75) is 51.4 Å². The Balaban J connectivity index is 2.06. The molecule has 5 nitrogen and oxygen atoms in total. The summed E-state index contributed by atoms with van der Waals surface area (Å²) in [5.41, 5.74) is 14.7. The summed E-state index contributed by atoms with van der Waals surface area (Å²) in [4.78, 5) is 12.9. The van der Waals surface area contributed by atoms with Crippen molar-refractivity contribution < 1.29 is 0 Å². The highest BCUT2D eigenvalue weighted by Crippen LogP contribution is 2.24. The summed E-state index contributed by atoms with van der Waals surface area (Å²) in [5.74, 6) is 0.627. The first-order valence-corrected chi connectivity index (χ1v) is 7.45. The van der Waals surface area contributed by atoms with Crippen LogP contribution in [-0.2, 0) is 12.8 Å². The van der Waals surface area contributed by atoms with Crippen LogP contribution in [0.5, 0.6) is 0 Å². The summed E-state index contributed by atoms with van der Waals surface area (Å²) in [6, 6.07) is 2.12. The fourth-order valence-corrected chi connectivity index (χ4v) is 2.92. The Bertz CT molecular complexity index is 623. The average molecular weight is 271 g/mol. The van der Waals surface area contributed by atoms with E-state index in [1.807, 2.05) is 0 Å². The smallest absolute Gasteiger partial charge is 0.224 e. The van der Waals surface area contributed by atoms with Crippen LogP contribution in [0, 0.1) is 0 Å². The van der Waals surface area contributed by atoms with Gasteiger partial charge in [0.2, 0.25) is 5.95 Å². The van der Waals surface area contributed by atoms with E-state index in [4.69, 9.17) is 16.5 Å². The van der Waals surface area contributed by atoms with Crippen molar-refractivity contribution in [3.05, 3.63) is 17.3 Å². The Kier molecular flexibility index (Phi) is 3.67. The van der Waals surface area contributed by atoms with Crippen molar-refractivity contribution in [3.8, 4) is 0 Å². The minimum absolute atomic E-state index is 0.197. The quantitative estimate of drug-likeness (QED) is 0.768. The van der Waals surface area contributed by atoms with Gasteiger partial charge in [-0.3, -0.25) is 0 Å². The molecule has 0 unspecified atom stereocenters. The number of hydrogen-bond acceptors (Lipinski definition) is 5. The normalized spacial score (nSPS) is 16.8. The second kappa shape index (κ2) is 5.61. The van der Waals surface area contributed by atoms with Crippen LogP contribution in [0.4, 0.5) is 11.8 Å². The Labute approximate surface area is 118 Å². The molecule has 2 heterocycles. The van der Waals surface area contributed by atoms with Gasteiger partial charge in [0.1, 0.15) is 5.82 Å². The van der Waals surface area contributed by atoms with Crippen molar-refractivity contribution in [3.63, 3.8) is 0 Å². The first kappa shape index (κ1) is 13.1. The van der Waals surface area contributed by atoms with E-state index in [1.165, 1.54) is 44.1 Å². The summed E-state index contributed by atoms with van der Waals surface area (Å²) in [6.45, 7) is 0. The van der Waals surface area contributed by atoms with Gasteiger partial charge >= 0.3 is 0 Å². The first-order valence-electron chi connectivity index (χ1n) is 7.45. The van der Waals surface area contributed by atoms with Crippen LogP contribution in [0.2, 0.25) is 0 Å². The van der Waals surface area contributed by atoms with E-state index in [-0.39, 0.29) is 5.95 Å². The van der Waals surface area contributed by atoms with Crippen LogP contribution in [0.3, 0.4) is 0 Å². The van der Waals surface area contributed by atoms with E-state index < -0.39 is 0 Å². The Morgan fingerprint density at radius 1 is 0.800 bits per heavy atom. The van der Waals surface area contributed by atoms with Gasteiger partial charge in [0.05, 0.1) is 5.39 Å². The molecule has 0 saturated heterocycles. The summed E-state index contributed by atoms with van der Waals surface area (Å²) in [5, 5.41) is 0.829. The number of hydrogen-bond donors (Lipinski definition) is 2. The molecule has 0 fully saturated rings. The molecule has 0 saturated carbocycles. The Morgan fingerprint density at radius 3 is 2.30 bits per heavy atom. The largest absolute Gasteiger partial charge is 0.383 e. The predicted molar refractivity (Wildman–Crippen MR) is 81.3 cm³/mol. The molecule has 0 aliphatic heterocycles. The number of fused-ring (bicyclic) bond motifs is 2. The maximum atomic E-state index is 5.94. The standard InChI is InChI=1S/C15H21N5/c16-13-11-9-10-7-5-3-1-2-4-6-8-12(10)18-14(11)20-15(17)19-13/h9H,1-8H2,(H4,16,17,18,19,20). The molecular weight excluding hydrogens is 250 g/mol. The third kappa shape index (κ3) is 2.66. The number of anilines is 2. The molecule has 0 amide bonds. The lowest BCUT2D eigenvalue weighted by atomic mass is 9.97. The zero-order valence-electron chi connectivity index (χ0n) is 11.7. The molecule has 0 radical (unpaired) electrons. The van der Waals surface area contributed by atoms with Crippen LogP contribution >= 0.6 is 0 Å². The second-order valence-corrected chi connectivity index (χ2v) is 5.55.